The highest BCUT2D eigenvalue weighted by Crippen LogP contribution is 2.18. The zero-order valence-electron chi connectivity index (χ0n) is 13.9. The third kappa shape index (κ3) is 5.73. The van der Waals surface area contributed by atoms with E-state index in [1.165, 1.54) is 0 Å². The van der Waals surface area contributed by atoms with Crippen LogP contribution in [0.2, 0.25) is 0 Å². The minimum atomic E-state index is -0.669. The lowest BCUT2D eigenvalue weighted by Crippen LogP contribution is -2.38. The summed E-state index contributed by atoms with van der Waals surface area (Å²) in [6, 6.07) is 17.0. The van der Waals surface area contributed by atoms with Gasteiger partial charge in [0.05, 0.1) is 0 Å². The minimum absolute atomic E-state index is 0.430. The number of anilines is 3. The van der Waals surface area contributed by atoms with E-state index in [0.717, 1.165) is 11.4 Å². The summed E-state index contributed by atoms with van der Waals surface area (Å²) >= 11 is 0. The summed E-state index contributed by atoms with van der Waals surface area (Å²) in [5.74, 6) is -1.30. The van der Waals surface area contributed by atoms with Crippen LogP contribution >= 0.6 is 0 Å². The van der Waals surface area contributed by atoms with E-state index in [1.807, 2.05) is 61.5 Å². The lowest BCUT2D eigenvalue weighted by Gasteiger charge is -2.11. The first-order valence-electron chi connectivity index (χ1n) is 7.70. The molecule has 0 unspecified atom stereocenters. The second kappa shape index (κ2) is 8.69. The Hall–Kier alpha value is -2.86. The number of amides is 2. The van der Waals surface area contributed by atoms with E-state index in [0.29, 0.717) is 18.8 Å². The smallest absolute Gasteiger partial charge is 0.313 e. The minimum Gasteiger partial charge on any atom is -0.356 e. The molecule has 0 aromatic heterocycles. The summed E-state index contributed by atoms with van der Waals surface area (Å²) < 4.78 is 0. The van der Waals surface area contributed by atoms with Gasteiger partial charge in [-0.25, -0.2) is 0 Å². The average molecular weight is 326 g/mol. The molecule has 0 saturated heterocycles. The van der Waals surface area contributed by atoms with Gasteiger partial charge in [-0.15, -0.1) is 0 Å². The molecule has 2 rings (SSSR count). The van der Waals surface area contributed by atoms with Crippen molar-refractivity contribution in [1.82, 2.24) is 10.2 Å². The van der Waals surface area contributed by atoms with Crippen LogP contribution in [0.1, 0.15) is 0 Å². The number of carbonyl (C=O) groups is 2. The molecule has 24 heavy (non-hydrogen) atoms. The van der Waals surface area contributed by atoms with E-state index in [4.69, 9.17) is 0 Å². The van der Waals surface area contributed by atoms with Crippen LogP contribution in [-0.2, 0) is 9.59 Å². The van der Waals surface area contributed by atoms with Gasteiger partial charge in [0.25, 0.3) is 0 Å². The summed E-state index contributed by atoms with van der Waals surface area (Å²) in [5.41, 5.74) is 2.45. The number of benzene rings is 2. The molecule has 0 aliphatic rings. The van der Waals surface area contributed by atoms with Crippen LogP contribution in [0.3, 0.4) is 0 Å². The Balaban J connectivity index is 1.84. The van der Waals surface area contributed by atoms with Gasteiger partial charge in [0.2, 0.25) is 0 Å². The fraction of sp³-hybridized carbons (Fsp3) is 0.222. The van der Waals surface area contributed by atoms with Crippen LogP contribution in [0.5, 0.6) is 0 Å². The fourth-order valence-corrected chi connectivity index (χ4v) is 1.99. The van der Waals surface area contributed by atoms with E-state index in [9.17, 15) is 9.59 Å². The molecule has 126 valence electrons. The number of hydrogen-bond acceptors (Lipinski definition) is 4. The van der Waals surface area contributed by atoms with Crippen molar-refractivity contribution in [2.75, 3.05) is 37.8 Å². The molecule has 6 heteroatoms. The molecule has 2 aromatic carbocycles. The highest BCUT2D eigenvalue weighted by atomic mass is 16.2. The monoisotopic (exact) mass is 326 g/mol. The SMILES string of the molecule is CN(C)CCNC(=O)C(=O)Nc1ccc(Nc2ccccc2)cc1. The third-order valence-corrected chi connectivity index (χ3v) is 3.26. The van der Waals surface area contributed by atoms with Gasteiger partial charge in [0.1, 0.15) is 0 Å². The summed E-state index contributed by atoms with van der Waals surface area (Å²) in [5, 5.41) is 8.40. The van der Waals surface area contributed by atoms with Crippen LogP contribution in [0.25, 0.3) is 0 Å². The zero-order chi connectivity index (χ0) is 17.4. The van der Waals surface area contributed by atoms with Gasteiger partial charge in [-0.05, 0) is 50.5 Å². The number of likely N-dealkylation sites (N-methyl/N-ethyl adjacent to an activating group) is 1. The second-order valence-electron chi connectivity index (χ2n) is 5.58. The summed E-state index contributed by atoms with van der Waals surface area (Å²) in [6.07, 6.45) is 0. The molecule has 0 radical (unpaired) electrons. The number of nitrogens with one attached hydrogen (secondary N) is 3. The zero-order valence-corrected chi connectivity index (χ0v) is 13.9. The molecule has 0 aliphatic carbocycles. The molecule has 0 fully saturated rings. The van der Waals surface area contributed by atoms with E-state index in [2.05, 4.69) is 16.0 Å². The van der Waals surface area contributed by atoms with Crippen molar-refractivity contribution in [2.45, 2.75) is 0 Å². The lowest BCUT2D eigenvalue weighted by atomic mass is 10.2. The Kier molecular flexibility index (Phi) is 6.33. The van der Waals surface area contributed by atoms with Gasteiger partial charge in [-0.2, -0.15) is 0 Å². The maximum atomic E-state index is 11.8. The number of carbonyl (C=O) groups excluding carboxylic acids is 2. The van der Waals surface area contributed by atoms with Crippen molar-refractivity contribution in [3.05, 3.63) is 54.6 Å². The maximum Gasteiger partial charge on any atom is 0.313 e. The Morgan fingerprint density at radius 3 is 2.04 bits per heavy atom. The Labute approximate surface area is 141 Å². The van der Waals surface area contributed by atoms with Gasteiger partial charge in [0, 0.05) is 30.2 Å². The highest BCUT2D eigenvalue weighted by Gasteiger charge is 2.12. The van der Waals surface area contributed by atoms with E-state index < -0.39 is 11.8 Å². The molecule has 3 N–H and O–H groups in total. The van der Waals surface area contributed by atoms with Gasteiger partial charge in [-0.1, -0.05) is 18.2 Å². The third-order valence-electron chi connectivity index (χ3n) is 3.26. The first kappa shape index (κ1) is 17.5. The summed E-state index contributed by atoms with van der Waals surface area (Å²) in [7, 11) is 3.80. The molecular weight excluding hydrogens is 304 g/mol. The van der Waals surface area contributed by atoms with Crippen LogP contribution in [0.15, 0.2) is 54.6 Å². The van der Waals surface area contributed by atoms with Gasteiger partial charge < -0.3 is 20.9 Å². The van der Waals surface area contributed by atoms with E-state index in [-0.39, 0.29) is 0 Å². The normalized spacial score (nSPS) is 10.3. The van der Waals surface area contributed by atoms with Crippen molar-refractivity contribution >= 4 is 28.9 Å². The quantitative estimate of drug-likeness (QED) is 0.710. The van der Waals surface area contributed by atoms with Crippen molar-refractivity contribution < 1.29 is 9.59 Å². The Morgan fingerprint density at radius 2 is 1.42 bits per heavy atom. The van der Waals surface area contributed by atoms with Crippen molar-refractivity contribution in [3.8, 4) is 0 Å². The Morgan fingerprint density at radius 1 is 0.833 bits per heavy atom. The molecule has 0 aliphatic heterocycles. The van der Waals surface area contributed by atoms with Crippen molar-refractivity contribution in [2.24, 2.45) is 0 Å². The van der Waals surface area contributed by atoms with E-state index >= 15 is 0 Å². The van der Waals surface area contributed by atoms with E-state index in [1.54, 1.807) is 12.1 Å². The molecule has 0 atom stereocenters. The van der Waals surface area contributed by atoms with Gasteiger partial charge in [0.15, 0.2) is 0 Å². The van der Waals surface area contributed by atoms with Gasteiger partial charge in [-0.3, -0.25) is 9.59 Å². The molecule has 0 bridgehead atoms. The highest BCUT2D eigenvalue weighted by molar-refractivity contribution is 6.39. The number of hydrogen-bond donors (Lipinski definition) is 3. The van der Waals surface area contributed by atoms with Crippen LogP contribution in [-0.4, -0.2) is 43.9 Å². The number of nitrogens with zero attached hydrogens (tertiary/aromatic N) is 1. The lowest BCUT2D eigenvalue weighted by molar-refractivity contribution is -0.136. The topological polar surface area (TPSA) is 73.5 Å². The molecule has 2 aromatic rings. The predicted octanol–water partition coefficient (Wildman–Crippen LogP) is 2.05. The van der Waals surface area contributed by atoms with Crippen molar-refractivity contribution in [1.29, 1.82) is 0 Å². The maximum absolute atomic E-state index is 11.8. The number of rotatable bonds is 6. The first-order valence-corrected chi connectivity index (χ1v) is 7.70. The molecule has 0 spiro atoms. The van der Waals surface area contributed by atoms with Crippen LogP contribution < -0.4 is 16.0 Å². The van der Waals surface area contributed by atoms with Crippen LogP contribution in [0.4, 0.5) is 17.1 Å². The average Bonchev–Trinajstić information content (AvgIpc) is 2.57. The van der Waals surface area contributed by atoms with Crippen molar-refractivity contribution in [3.63, 3.8) is 0 Å². The molecule has 0 heterocycles. The molecule has 2 amide bonds. The molecular formula is C18H22N4O2. The second-order valence-corrected chi connectivity index (χ2v) is 5.58. The summed E-state index contributed by atoms with van der Waals surface area (Å²) in [6.45, 7) is 1.11. The molecule has 0 saturated carbocycles. The summed E-state index contributed by atoms with van der Waals surface area (Å²) in [4.78, 5) is 25.4. The number of para-hydroxylation sites is 1. The fourth-order valence-electron chi connectivity index (χ4n) is 1.99. The van der Waals surface area contributed by atoms with Gasteiger partial charge >= 0.3 is 11.8 Å². The first-order chi connectivity index (χ1) is 11.5. The molecule has 6 nitrogen and oxygen atoms in total. The Bertz CT molecular complexity index is 669. The van der Waals surface area contributed by atoms with Crippen LogP contribution in [0, 0.1) is 0 Å². The predicted molar refractivity (Wildman–Crippen MR) is 96.4 cm³/mol. The largest absolute Gasteiger partial charge is 0.356 e. The standard InChI is InChI=1S/C18H22N4O2/c1-22(2)13-12-19-17(23)18(24)21-16-10-8-15(9-11-16)20-14-6-4-3-5-7-14/h3-11,20H,12-13H2,1-2H3,(H,19,23)(H,21,24).